The second kappa shape index (κ2) is 10.1. The monoisotopic (exact) mass is 404 g/mol. The average Bonchev–Trinajstić information content (AvgIpc) is 2.74. The Balaban J connectivity index is 1.72. The van der Waals surface area contributed by atoms with Gasteiger partial charge in [0.2, 0.25) is 0 Å². The van der Waals surface area contributed by atoms with Crippen molar-refractivity contribution < 1.29 is 19.4 Å². The molecule has 2 N–H and O–H groups in total. The number of anilines is 1. The number of aromatic carboxylic acids is 1. The molecule has 0 aliphatic carbocycles. The van der Waals surface area contributed by atoms with Crippen LogP contribution in [0.25, 0.3) is 0 Å². The Labute approximate surface area is 175 Å². The van der Waals surface area contributed by atoms with Crippen molar-refractivity contribution in [1.29, 1.82) is 0 Å². The van der Waals surface area contributed by atoms with Gasteiger partial charge in [0.15, 0.2) is 11.5 Å². The first-order chi connectivity index (χ1) is 14.6. The first kappa shape index (κ1) is 20.9. The summed E-state index contributed by atoms with van der Waals surface area (Å²) in [6.07, 6.45) is 1.60. The predicted octanol–water partition coefficient (Wildman–Crippen LogP) is 5.12. The Hall–Kier alpha value is -3.80. The summed E-state index contributed by atoms with van der Waals surface area (Å²) >= 11 is 0. The molecule has 0 unspecified atom stereocenters. The van der Waals surface area contributed by atoms with E-state index in [0.29, 0.717) is 30.4 Å². The van der Waals surface area contributed by atoms with Crippen LogP contribution in [0.15, 0.2) is 71.8 Å². The van der Waals surface area contributed by atoms with Crippen LogP contribution in [0.4, 0.5) is 5.69 Å². The van der Waals surface area contributed by atoms with Gasteiger partial charge in [0.1, 0.15) is 6.61 Å². The number of aryl methyl sites for hydroxylation is 1. The molecule has 0 saturated heterocycles. The van der Waals surface area contributed by atoms with Crippen LogP contribution in [0.1, 0.15) is 34.0 Å². The standard InChI is InChI=1S/C24H24N2O4/c1-3-29-23-14-18(15-25-26-21-11-7-6-10-20(21)24(27)28)12-13-22(23)30-16-19-9-5-4-8-17(19)2/h4-15,26H,3,16H2,1-2H3,(H,27,28)/b25-15+. The Bertz CT molecular complexity index is 1050. The lowest BCUT2D eigenvalue weighted by molar-refractivity contribution is 0.0698. The molecule has 0 amide bonds. The number of ether oxygens (including phenoxy) is 2. The van der Waals surface area contributed by atoms with Gasteiger partial charge in [-0.3, -0.25) is 5.43 Å². The Morgan fingerprint density at radius 1 is 1.03 bits per heavy atom. The van der Waals surface area contributed by atoms with Crippen LogP contribution in [-0.2, 0) is 6.61 Å². The molecule has 0 spiro atoms. The number of nitrogens with one attached hydrogen (secondary N) is 1. The van der Waals surface area contributed by atoms with Crippen molar-refractivity contribution >= 4 is 17.9 Å². The number of rotatable bonds is 9. The van der Waals surface area contributed by atoms with E-state index in [4.69, 9.17) is 9.47 Å². The zero-order chi connectivity index (χ0) is 21.3. The van der Waals surface area contributed by atoms with Crippen molar-refractivity contribution in [3.8, 4) is 11.5 Å². The van der Waals surface area contributed by atoms with Crippen LogP contribution < -0.4 is 14.9 Å². The zero-order valence-corrected chi connectivity index (χ0v) is 17.0. The molecule has 3 aromatic carbocycles. The van der Waals surface area contributed by atoms with E-state index < -0.39 is 5.97 Å². The maximum atomic E-state index is 11.3. The van der Waals surface area contributed by atoms with E-state index in [0.717, 1.165) is 11.1 Å². The molecule has 30 heavy (non-hydrogen) atoms. The molecule has 0 saturated carbocycles. The van der Waals surface area contributed by atoms with Gasteiger partial charge in [0.25, 0.3) is 0 Å². The van der Waals surface area contributed by atoms with Crippen LogP contribution >= 0.6 is 0 Å². The molecular formula is C24H24N2O4. The second-order valence-corrected chi connectivity index (χ2v) is 6.58. The SMILES string of the molecule is CCOc1cc(/C=N/Nc2ccccc2C(=O)O)ccc1OCc1ccccc1C. The van der Waals surface area contributed by atoms with Gasteiger partial charge in [0.05, 0.1) is 24.1 Å². The first-order valence-corrected chi connectivity index (χ1v) is 9.64. The number of carboxylic acids is 1. The van der Waals surface area contributed by atoms with E-state index in [1.807, 2.05) is 43.3 Å². The minimum atomic E-state index is -1.01. The summed E-state index contributed by atoms with van der Waals surface area (Å²) in [6, 6.07) is 20.2. The topological polar surface area (TPSA) is 80.2 Å². The number of benzene rings is 3. The van der Waals surface area contributed by atoms with Gasteiger partial charge in [-0.05, 0) is 60.9 Å². The lowest BCUT2D eigenvalue weighted by atomic mass is 10.1. The summed E-state index contributed by atoms with van der Waals surface area (Å²) in [7, 11) is 0. The summed E-state index contributed by atoms with van der Waals surface area (Å²) in [6.45, 7) is 4.92. The van der Waals surface area contributed by atoms with E-state index in [9.17, 15) is 9.90 Å². The molecule has 3 aromatic rings. The maximum Gasteiger partial charge on any atom is 0.337 e. The van der Waals surface area contributed by atoms with E-state index >= 15 is 0 Å². The van der Waals surface area contributed by atoms with Crippen LogP contribution in [0, 0.1) is 6.92 Å². The molecule has 0 heterocycles. The quantitative estimate of drug-likeness (QED) is 0.382. The lowest BCUT2D eigenvalue weighted by Crippen LogP contribution is -2.03. The van der Waals surface area contributed by atoms with Crippen LogP contribution in [0.3, 0.4) is 0 Å². The predicted molar refractivity (Wildman–Crippen MR) is 118 cm³/mol. The molecule has 6 nitrogen and oxygen atoms in total. The number of carbonyl (C=O) groups is 1. The fourth-order valence-corrected chi connectivity index (χ4v) is 2.86. The Kier molecular flexibility index (Phi) is 7.05. The highest BCUT2D eigenvalue weighted by Gasteiger charge is 2.09. The molecule has 6 heteroatoms. The third kappa shape index (κ3) is 5.38. The van der Waals surface area contributed by atoms with Gasteiger partial charge < -0.3 is 14.6 Å². The summed E-state index contributed by atoms with van der Waals surface area (Å²) < 4.78 is 11.7. The molecule has 154 valence electrons. The van der Waals surface area contributed by atoms with Gasteiger partial charge in [-0.15, -0.1) is 0 Å². The molecule has 3 rings (SSSR count). The number of nitrogens with zero attached hydrogens (tertiary/aromatic N) is 1. The van der Waals surface area contributed by atoms with Gasteiger partial charge in [-0.1, -0.05) is 36.4 Å². The number of para-hydroxylation sites is 1. The van der Waals surface area contributed by atoms with Crippen molar-refractivity contribution in [1.82, 2.24) is 0 Å². The van der Waals surface area contributed by atoms with Gasteiger partial charge >= 0.3 is 5.97 Å². The fourth-order valence-electron chi connectivity index (χ4n) is 2.86. The van der Waals surface area contributed by atoms with Crippen molar-refractivity contribution in [2.45, 2.75) is 20.5 Å². The van der Waals surface area contributed by atoms with E-state index in [-0.39, 0.29) is 5.56 Å². The molecule has 0 fully saturated rings. The molecule has 0 aliphatic rings. The zero-order valence-electron chi connectivity index (χ0n) is 17.0. The van der Waals surface area contributed by atoms with Gasteiger partial charge in [-0.25, -0.2) is 4.79 Å². The van der Waals surface area contributed by atoms with Crippen LogP contribution in [-0.4, -0.2) is 23.9 Å². The van der Waals surface area contributed by atoms with Crippen molar-refractivity contribution in [2.75, 3.05) is 12.0 Å². The third-order valence-corrected chi connectivity index (χ3v) is 4.47. The second-order valence-electron chi connectivity index (χ2n) is 6.58. The number of hydrazone groups is 1. The summed E-state index contributed by atoms with van der Waals surface area (Å²) in [5.41, 5.74) is 6.44. The number of hydrogen-bond donors (Lipinski definition) is 2. The van der Waals surface area contributed by atoms with Crippen LogP contribution in [0.5, 0.6) is 11.5 Å². The number of carboxylic acid groups (broad SMARTS) is 1. The smallest absolute Gasteiger partial charge is 0.337 e. The van der Waals surface area contributed by atoms with Gasteiger partial charge in [-0.2, -0.15) is 5.10 Å². The molecule has 0 aliphatic heterocycles. The van der Waals surface area contributed by atoms with Crippen molar-refractivity contribution in [2.24, 2.45) is 5.10 Å². The normalized spacial score (nSPS) is 10.7. The summed E-state index contributed by atoms with van der Waals surface area (Å²) in [5, 5.41) is 13.4. The first-order valence-electron chi connectivity index (χ1n) is 9.64. The minimum absolute atomic E-state index is 0.157. The summed E-state index contributed by atoms with van der Waals surface area (Å²) in [4.78, 5) is 11.3. The van der Waals surface area contributed by atoms with Gasteiger partial charge in [0, 0.05) is 0 Å². The molecule has 0 bridgehead atoms. The summed E-state index contributed by atoms with van der Waals surface area (Å²) in [5.74, 6) is 0.268. The Morgan fingerprint density at radius 2 is 1.80 bits per heavy atom. The highest BCUT2D eigenvalue weighted by atomic mass is 16.5. The van der Waals surface area contributed by atoms with E-state index in [1.165, 1.54) is 11.6 Å². The molecule has 0 radical (unpaired) electrons. The maximum absolute atomic E-state index is 11.3. The van der Waals surface area contributed by atoms with E-state index in [1.54, 1.807) is 24.4 Å². The van der Waals surface area contributed by atoms with E-state index in [2.05, 4.69) is 23.5 Å². The third-order valence-electron chi connectivity index (χ3n) is 4.47. The number of hydrogen-bond acceptors (Lipinski definition) is 5. The minimum Gasteiger partial charge on any atom is -0.490 e. The Morgan fingerprint density at radius 3 is 2.57 bits per heavy atom. The highest BCUT2D eigenvalue weighted by Crippen LogP contribution is 2.29. The van der Waals surface area contributed by atoms with Crippen molar-refractivity contribution in [3.05, 3.63) is 89.0 Å². The van der Waals surface area contributed by atoms with Crippen LogP contribution in [0.2, 0.25) is 0 Å². The molecule has 0 aromatic heterocycles. The molecule has 0 atom stereocenters. The fraction of sp³-hybridized carbons (Fsp3) is 0.167. The highest BCUT2D eigenvalue weighted by molar-refractivity contribution is 5.94. The average molecular weight is 404 g/mol. The van der Waals surface area contributed by atoms with Crippen molar-refractivity contribution in [3.63, 3.8) is 0 Å². The molecular weight excluding hydrogens is 380 g/mol. The lowest BCUT2D eigenvalue weighted by Gasteiger charge is -2.13. The largest absolute Gasteiger partial charge is 0.490 e.